The molecule has 10 heteroatoms. The summed E-state index contributed by atoms with van der Waals surface area (Å²) in [7, 11) is 0. The van der Waals surface area contributed by atoms with Crippen LogP contribution >= 0.6 is 12.4 Å². The fraction of sp³-hybridized carbons (Fsp3) is 0.414. The standard InChI is InChI=1S/C29H35N5O4.ClH/c1-2-31-29(37)38-23-8-7-21-18-34(14-11-20(21)15-23)28(36)26(33-27(35)19-9-12-30-13-10-19)16-22-17-32-25-6-4-3-5-24(22)25;/h3-8,15,17,19,26,30,32H,2,9-14,16,18H2,1H3,(H,31,37)(H,33,35);1H/t26-;/m1./s1. The first kappa shape index (κ1) is 28.4. The molecule has 0 bridgehead atoms. The van der Waals surface area contributed by atoms with Crippen LogP contribution in [0.25, 0.3) is 10.9 Å². The third-order valence-electron chi connectivity index (χ3n) is 7.46. The van der Waals surface area contributed by atoms with Crippen molar-refractivity contribution in [1.82, 2.24) is 25.8 Å². The molecule has 208 valence electrons. The van der Waals surface area contributed by atoms with E-state index in [0.717, 1.165) is 53.5 Å². The molecule has 9 nitrogen and oxygen atoms in total. The van der Waals surface area contributed by atoms with Crippen molar-refractivity contribution in [3.8, 4) is 5.75 Å². The van der Waals surface area contributed by atoms with Gasteiger partial charge >= 0.3 is 6.09 Å². The Balaban J connectivity index is 0.00000353. The second-order valence-electron chi connectivity index (χ2n) is 10.0. The van der Waals surface area contributed by atoms with E-state index in [2.05, 4.69) is 20.9 Å². The maximum absolute atomic E-state index is 13.9. The van der Waals surface area contributed by atoms with Gasteiger partial charge in [0.15, 0.2) is 0 Å². The first-order valence-corrected chi connectivity index (χ1v) is 13.4. The van der Waals surface area contributed by atoms with Gasteiger partial charge in [0.25, 0.3) is 0 Å². The molecule has 0 aliphatic carbocycles. The van der Waals surface area contributed by atoms with Gasteiger partial charge in [-0.3, -0.25) is 9.59 Å². The lowest BCUT2D eigenvalue weighted by Gasteiger charge is -2.33. The Kier molecular flexibility index (Phi) is 9.48. The van der Waals surface area contributed by atoms with Crippen LogP contribution in [0.1, 0.15) is 36.5 Å². The zero-order valence-electron chi connectivity index (χ0n) is 22.1. The second kappa shape index (κ2) is 13.0. The van der Waals surface area contributed by atoms with E-state index in [0.29, 0.717) is 38.2 Å². The fourth-order valence-corrected chi connectivity index (χ4v) is 5.38. The van der Waals surface area contributed by atoms with Gasteiger partial charge in [-0.15, -0.1) is 12.4 Å². The maximum Gasteiger partial charge on any atom is 0.412 e. The number of hydrogen-bond acceptors (Lipinski definition) is 5. The van der Waals surface area contributed by atoms with Gasteiger partial charge in [-0.1, -0.05) is 24.3 Å². The molecule has 1 saturated heterocycles. The third kappa shape index (κ3) is 6.72. The SMILES string of the molecule is CCNC(=O)Oc1ccc2c(c1)CCN(C(=O)[C@@H](Cc1c[nH]c3ccccc13)NC(=O)C1CCNCC1)C2.Cl. The Bertz CT molecular complexity index is 1320. The Morgan fingerprint density at radius 1 is 1.10 bits per heavy atom. The molecule has 4 N–H and O–H groups in total. The number of benzene rings is 2. The number of H-pyrrole nitrogens is 1. The number of halogens is 1. The molecule has 1 aromatic heterocycles. The highest BCUT2D eigenvalue weighted by Gasteiger charge is 2.32. The summed E-state index contributed by atoms with van der Waals surface area (Å²) in [5.74, 6) is 0.279. The third-order valence-corrected chi connectivity index (χ3v) is 7.46. The van der Waals surface area contributed by atoms with E-state index >= 15 is 0 Å². The lowest BCUT2D eigenvalue weighted by Crippen LogP contribution is -2.52. The number of nitrogens with one attached hydrogen (secondary N) is 4. The van der Waals surface area contributed by atoms with Crippen molar-refractivity contribution in [3.63, 3.8) is 0 Å². The topological polar surface area (TPSA) is 116 Å². The summed E-state index contributed by atoms with van der Waals surface area (Å²) >= 11 is 0. The zero-order valence-corrected chi connectivity index (χ0v) is 22.9. The molecule has 0 spiro atoms. The Morgan fingerprint density at radius 2 is 1.90 bits per heavy atom. The van der Waals surface area contributed by atoms with E-state index in [1.165, 1.54) is 0 Å². The maximum atomic E-state index is 13.9. The summed E-state index contributed by atoms with van der Waals surface area (Å²) in [6.07, 6.45) is 4.07. The van der Waals surface area contributed by atoms with E-state index in [1.807, 2.05) is 54.4 Å². The van der Waals surface area contributed by atoms with Crippen LogP contribution in [-0.4, -0.2) is 60.0 Å². The average Bonchev–Trinajstić information content (AvgIpc) is 3.35. The molecule has 0 radical (unpaired) electrons. The Hall–Kier alpha value is -3.56. The lowest BCUT2D eigenvalue weighted by molar-refractivity contribution is -0.138. The minimum atomic E-state index is -0.654. The van der Waals surface area contributed by atoms with Crippen molar-refractivity contribution >= 4 is 41.2 Å². The number of aromatic nitrogens is 1. The van der Waals surface area contributed by atoms with Crippen LogP contribution in [0.2, 0.25) is 0 Å². The first-order valence-electron chi connectivity index (χ1n) is 13.4. The molecule has 3 aromatic rings. The van der Waals surface area contributed by atoms with Gasteiger partial charge < -0.3 is 30.6 Å². The molecular weight excluding hydrogens is 518 g/mol. The van der Waals surface area contributed by atoms with Gasteiger partial charge in [0.1, 0.15) is 11.8 Å². The highest BCUT2D eigenvalue weighted by atomic mass is 35.5. The smallest absolute Gasteiger partial charge is 0.410 e. The minimum absolute atomic E-state index is 0. The van der Waals surface area contributed by atoms with E-state index in [9.17, 15) is 14.4 Å². The largest absolute Gasteiger partial charge is 0.412 e. The Morgan fingerprint density at radius 3 is 2.69 bits per heavy atom. The number of carbonyl (C=O) groups excluding carboxylic acids is 3. The minimum Gasteiger partial charge on any atom is -0.410 e. The van der Waals surface area contributed by atoms with Crippen molar-refractivity contribution in [2.24, 2.45) is 5.92 Å². The van der Waals surface area contributed by atoms with Gasteiger partial charge in [-0.05, 0) is 74.2 Å². The lowest BCUT2D eigenvalue weighted by atomic mass is 9.95. The van der Waals surface area contributed by atoms with E-state index in [-0.39, 0.29) is 30.1 Å². The average molecular weight is 554 g/mol. The Labute approximate surface area is 234 Å². The number of carbonyl (C=O) groups is 3. The summed E-state index contributed by atoms with van der Waals surface area (Å²) in [6.45, 7) is 4.93. The molecule has 0 unspecified atom stereocenters. The molecule has 2 aliphatic heterocycles. The van der Waals surface area contributed by atoms with E-state index in [1.54, 1.807) is 6.07 Å². The zero-order chi connectivity index (χ0) is 26.5. The number of hydrogen-bond donors (Lipinski definition) is 4. The van der Waals surface area contributed by atoms with Crippen LogP contribution in [-0.2, 0) is 29.0 Å². The summed E-state index contributed by atoms with van der Waals surface area (Å²) in [4.78, 5) is 44.0. The molecular formula is C29H36ClN5O4. The van der Waals surface area contributed by atoms with Crippen LogP contribution in [0, 0.1) is 5.92 Å². The van der Waals surface area contributed by atoms with Gasteiger partial charge in [-0.2, -0.15) is 0 Å². The van der Waals surface area contributed by atoms with Crippen LogP contribution in [0.4, 0.5) is 4.79 Å². The van der Waals surface area contributed by atoms with Crippen molar-refractivity contribution in [2.75, 3.05) is 26.2 Å². The highest BCUT2D eigenvalue weighted by Crippen LogP contribution is 2.26. The monoisotopic (exact) mass is 553 g/mol. The fourth-order valence-electron chi connectivity index (χ4n) is 5.38. The van der Waals surface area contributed by atoms with Crippen molar-refractivity contribution in [2.45, 2.75) is 45.2 Å². The number of fused-ring (bicyclic) bond motifs is 2. The normalized spacial score (nSPS) is 16.1. The van der Waals surface area contributed by atoms with Gasteiger partial charge in [0.05, 0.1) is 0 Å². The second-order valence-corrected chi connectivity index (χ2v) is 10.0. The quantitative estimate of drug-likeness (QED) is 0.358. The summed E-state index contributed by atoms with van der Waals surface area (Å²) < 4.78 is 5.34. The van der Waals surface area contributed by atoms with Crippen LogP contribution in [0.5, 0.6) is 5.75 Å². The number of aromatic amines is 1. The highest BCUT2D eigenvalue weighted by molar-refractivity contribution is 5.90. The molecule has 1 fully saturated rings. The molecule has 1 atom stereocenters. The summed E-state index contributed by atoms with van der Waals surface area (Å²) in [5, 5.41) is 10.1. The number of amides is 3. The molecule has 2 aliphatic rings. The summed E-state index contributed by atoms with van der Waals surface area (Å²) in [6, 6.07) is 12.9. The molecule has 3 heterocycles. The first-order chi connectivity index (χ1) is 18.5. The molecule has 3 amide bonds. The van der Waals surface area contributed by atoms with Crippen molar-refractivity contribution in [1.29, 1.82) is 0 Å². The number of ether oxygens (including phenoxy) is 1. The molecule has 5 rings (SSSR count). The van der Waals surface area contributed by atoms with Gasteiger partial charge in [-0.25, -0.2) is 4.79 Å². The molecule has 0 saturated carbocycles. The van der Waals surface area contributed by atoms with Crippen molar-refractivity contribution in [3.05, 3.63) is 65.4 Å². The van der Waals surface area contributed by atoms with Crippen molar-refractivity contribution < 1.29 is 19.1 Å². The number of piperidine rings is 1. The van der Waals surface area contributed by atoms with Crippen LogP contribution < -0.4 is 20.7 Å². The predicted octanol–water partition coefficient (Wildman–Crippen LogP) is 3.31. The molecule has 39 heavy (non-hydrogen) atoms. The molecule has 2 aromatic carbocycles. The van der Waals surface area contributed by atoms with E-state index in [4.69, 9.17) is 4.74 Å². The van der Waals surface area contributed by atoms with Gasteiger partial charge in [0, 0.05) is 49.1 Å². The van der Waals surface area contributed by atoms with E-state index < -0.39 is 12.1 Å². The van der Waals surface area contributed by atoms with Crippen LogP contribution in [0.3, 0.4) is 0 Å². The number of para-hydroxylation sites is 1. The number of rotatable bonds is 7. The van der Waals surface area contributed by atoms with Gasteiger partial charge in [0.2, 0.25) is 11.8 Å². The predicted molar refractivity (Wildman–Crippen MR) is 152 cm³/mol. The van der Waals surface area contributed by atoms with Crippen LogP contribution in [0.15, 0.2) is 48.7 Å². The summed E-state index contributed by atoms with van der Waals surface area (Å²) in [5.41, 5.74) is 4.09. The number of nitrogens with zero attached hydrogens (tertiary/aromatic N) is 1.